The molecule has 136 valence electrons. The molecule has 2 aliphatic heterocycles. The van der Waals surface area contributed by atoms with Crippen LogP contribution in [0.1, 0.15) is 42.1 Å². The van der Waals surface area contributed by atoms with E-state index < -0.39 is 0 Å². The molecule has 2 atom stereocenters. The summed E-state index contributed by atoms with van der Waals surface area (Å²) in [5.74, 6) is 0.131. The molecule has 0 bridgehead atoms. The van der Waals surface area contributed by atoms with Crippen LogP contribution in [-0.4, -0.2) is 46.7 Å². The van der Waals surface area contributed by atoms with Gasteiger partial charge in [-0.2, -0.15) is 0 Å². The van der Waals surface area contributed by atoms with Crippen molar-refractivity contribution in [3.8, 4) is 0 Å². The Morgan fingerprint density at radius 3 is 2.28 bits per heavy atom. The van der Waals surface area contributed by atoms with Gasteiger partial charge in [-0.05, 0) is 43.5 Å². The van der Waals surface area contributed by atoms with E-state index in [1.807, 2.05) is 24.0 Å². The molecule has 0 aliphatic carbocycles. The normalized spacial score (nSPS) is 23.1. The molecule has 3 amide bonds. The van der Waals surface area contributed by atoms with Gasteiger partial charge in [-0.3, -0.25) is 19.3 Å². The van der Waals surface area contributed by atoms with Crippen LogP contribution in [0.4, 0.5) is 0 Å². The number of carbonyl (C=O) groups excluding carboxylic acids is 3. The Hall–Kier alpha value is -1.92. The molecule has 0 radical (unpaired) electrons. The van der Waals surface area contributed by atoms with Crippen LogP contribution in [0.3, 0.4) is 0 Å². The lowest BCUT2D eigenvalue weighted by Gasteiger charge is -2.22. The zero-order valence-corrected chi connectivity index (χ0v) is 15.1. The fourth-order valence-electron chi connectivity index (χ4n) is 3.50. The van der Waals surface area contributed by atoms with Gasteiger partial charge < -0.3 is 10.6 Å². The zero-order chi connectivity index (χ0) is 17.3. The van der Waals surface area contributed by atoms with E-state index in [-0.39, 0.29) is 42.7 Å². The van der Waals surface area contributed by atoms with Gasteiger partial charge in [0.2, 0.25) is 11.8 Å². The van der Waals surface area contributed by atoms with Gasteiger partial charge in [0.05, 0.1) is 6.54 Å². The summed E-state index contributed by atoms with van der Waals surface area (Å²) >= 11 is 0. The minimum absolute atomic E-state index is 0. The topological polar surface area (TPSA) is 83.7 Å². The Kier molecular flexibility index (Phi) is 6.19. The molecule has 3 rings (SSSR count). The highest BCUT2D eigenvalue weighted by Gasteiger charge is 2.32. The quantitative estimate of drug-likeness (QED) is 0.821. The Morgan fingerprint density at radius 2 is 1.76 bits per heavy atom. The first kappa shape index (κ1) is 19.4. The van der Waals surface area contributed by atoms with E-state index in [1.54, 1.807) is 12.1 Å². The molecule has 2 saturated heterocycles. The van der Waals surface area contributed by atoms with Crippen molar-refractivity contribution in [2.24, 2.45) is 11.7 Å². The summed E-state index contributed by atoms with van der Waals surface area (Å²) in [6.07, 6.45) is 1.54. The number of nitrogens with zero attached hydrogens (tertiary/aromatic N) is 2. The summed E-state index contributed by atoms with van der Waals surface area (Å²) < 4.78 is 0. The fraction of sp³-hybridized carbons (Fsp3) is 0.500. The van der Waals surface area contributed by atoms with E-state index in [2.05, 4.69) is 0 Å². The Bertz CT molecular complexity index is 646. The molecule has 6 nitrogen and oxygen atoms in total. The summed E-state index contributed by atoms with van der Waals surface area (Å²) in [6, 6.07) is 7.36. The number of hydrogen-bond donors (Lipinski definition) is 1. The van der Waals surface area contributed by atoms with E-state index in [0.717, 1.165) is 12.0 Å². The molecule has 2 aliphatic rings. The van der Waals surface area contributed by atoms with Crippen LogP contribution >= 0.6 is 12.4 Å². The summed E-state index contributed by atoms with van der Waals surface area (Å²) in [4.78, 5) is 39.1. The second kappa shape index (κ2) is 7.97. The summed E-state index contributed by atoms with van der Waals surface area (Å²) in [5, 5.41) is 0. The predicted molar refractivity (Wildman–Crippen MR) is 96.1 cm³/mol. The maximum Gasteiger partial charge on any atom is 0.254 e. The van der Waals surface area contributed by atoms with Gasteiger partial charge in [0.25, 0.3) is 5.91 Å². The number of amides is 3. The second-order valence-corrected chi connectivity index (χ2v) is 6.71. The third-order valence-electron chi connectivity index (χ3n) is 4.95. The van der Waals surface area contributed by atoms with E-state index in [9.17, 15) is 14.4 Å². The molecule has 2 fully saturated rings. The first-order chi connectivity index (χ1) is 11.5. The lowest BCUT2D eigenvalue weighted by Crippen LogP contribution is -2.34. The lowest BCUT2D eigenvalue weighted by molar-refractivity contribution is -0.139. The van der Waals surface area contributed by atoms with Crippen molar-refractivity contribution in [2.75, 3.05) is 13.1 Å². The second-order valence-electron chi connectivity index (χ2n) is 6.71. The van der Waals surface area contributed by atoms with Crippen molar-refractivity contribution in [2.45, 2.75) is 38.8 Å². The van der Waals surface area contributed by atoms with Crippen molar-refractivity contribution in [3.05, 3.63) is 35.4 Å². The Balaban J connectivity index is 0.00000225. The predicted octanol–water partition coefficient (Wildman–Crippen LogP) is 1.57. The smallest absolute Gasteiger partial charge is 0.254 e. The van der Waals surface area contributed by atoms with E-state index in [0.29, 0.717) is 37.4 Å². The van der Waals surface area contributed by atoms with Gasteiger partial charge in [-0.15, -0.1) is 12.4 Å². The van der Waals surface area contributed by atoms with Crippen molar-refractivity contribution in [1.82, 2.24) is 9.80 Å². The van der Waals surface area contributed by atoms with Gasteiger partial charge in [0.15, 0.2) is 0 Å². The highest BCUT2D eigenvalue weighted by atomic mass is 35.5. The van der Waals surface area contributed by atoms with Crippen LogP contribution in [0.5, 0.6) is 0 Å². The van der Waals surface area contributed by atoms with Crippen LogP contribution in [0, 0.1) is 5.92 Å². The molecule has 7 heteroatoms. The average Bonchev–Trinajstić information content (AvgIpc) is 3.12. The molecular formula is C18H24ClN3O3. The van der Waals surface area contributed by atoms with Crippen LogP contribution in [0.25, 0.3) is 0 Å². The Morgan fingerprint density at radius 1 is 1.16 bits per heavy atom. The maximum atomic E-state index is 12.6. The molecule has 25 heavy (non-hydrogen) atoms. The van der Waals surface area contributed by atoms with Gasteiger partial charge >= 0.3 is 0 Å². The molecule has 2 N–H and O–H groups in total. The van der Waals surface area contributed by atoms with E-state index in [4.69, 9.17) is 5.73 Å². The van der Waals surface area contributed by atoms with Crippen molar-refractivity contribution < 1.29 is 14.4 Å². The van der Waals surface area contributed by atoms with Crippen molar-refractivity contribution in [3.63, 3.8) is 0 Å². The van der Waals surface area contributed by atoms with Gasteiger partial charge in [-0.1, -0.05) is 12.1 Å². The number of imide groups is 1. The number of nitrogens with two attached hydrogens (primary N) is 1. The SMILES string of the molecule is CC1CC(CN)CN1C(=O)c1ccc(CN2C(=O)CCC2=O)cc1.Cl. The van der Waals surface area contributed by atoms with Crippen LogP contribution in [0.2, 0.25) is 0 Å². The van der Waals surface area contributed by atoms with Crippen molar-refractivity contribution >= 4 is 30.1 Å². The van der Waals surface area contributed by atoms with Crippen LogP contribution in [0.15, 0.2) is 24.3 Å². The van der Waals surface area contributed by atoms with E-state index in [1.165, 1.54) is 4.90 Å². The van der Waals surface area contributed by atoms with Crippen LogP contribution < -0.4 is 5.73 Å². The molecule has 2 unspecified atom stereocenters. The number of hydrogen-bond acceptors (Lipinski definition) is 4. The lowest BCUT2D eigenvalue weighted by atomic mass is 10.1. The largest absolute Gasteiger partial charge is 0.336 e. The fourth-order valence-corrected chi connectivity index (χ4v) is 3.50. The van der Waals surface area contributed by atoms with Gasteiger partial charge in [0, 0.05) is 31.0 Å². The molecule has 0 saturated carbocycles. The first-order valence-corrected chi connectivity index (χ1v) is 8.42. The number of likely N-dealkylation sites (tertiary alicyclic amines) is 2. The Labute approximate surface area is 153 Å². The summed E-state index contributed by atoms with van der Waals surface area (Å²) in [7, 11) is 0. The first-order valence-electron chi connectivity index (χ1n) is 8.42. The minimum atomic E-state index is -0.126. The third kappa shape index (κ3) is 4.02. The zero-order valence-electron chi connectivity index (χ0n) is 14.3. The van der Waals surface area contributed by atoms with Gasteiger partial charge in [-0.25, -0.2) is 0 Å². The molecule has 0 spiro atoms. The number of rotatable bonds is 4. The molecule has 0 aromatic heterocycles. The van der Waals surface area contributed by atoms with Gasteiger partial charge in [0.1, 0.15) is 0 Å². The summed E-state index contributed by atoms with van der Waals surface area (Å²) in [6.45, 7) is 3.63. The van der Waals surface area contributed by atoms with E-state index >= 15 is 0 Å². The number of carbonyl (C=O) groups is 3. The van der Waals surface area contributed by atoms with Crippen molar-refractivity contribution in [1.29, 1.82) is 0 Å². The standard InChI is InChI=1S/C18H23N3O3.ClH/c1-12-8-14(9-19)11-20(12)18(24)15-4-2-13(3-5-15)10-21-16(22)6-7-17(21)23;/h2-5,12,14H,6-11,19H2,1H3;1H. The molecule has 2 heterocycles. The highest BCUT2D eigenvalue weighted by molar-refractivity contribution is 6.01. The molecule has 1 aromatic carbocycles. The summed E-state index contributed by atoms with van der Waals surface area (Å²) in [5.41, 5.74) is 7.20. The third-order valence-corrected chi connectivity index (χ3v) is 4.95. The number of benzene rings is 1. The molecule has 1 aromatic rings. The minimum Gasteiger partial charge on any atom is -0.336 e. The number of halogens is 1. The monoisotopic (exact) mass is 365 g/mol. The maximum absolute atomic E-state index is 12.6. The average molecular weight is 366 g/mol. The molecular weight excluding hydrogens is 342 g/mol. The van der Waals surface area contributed by atoms with Crippen LogP contribution in [-0.2, 0) is 16.1 Å². The highest BCUT2D eigenvalue weighted by Crippen LogP contribution is 2.24.